The SMILES string of the molecule is CC1CCCCC1CNC(=O)c1cc(F)c(NN)c(F)c1. The van der Waals surface area contributed by atoms with Gasteiger partial charge in [0, 0.05) is 12.1 Å². The van der Waals surface area contributed by atoms with Crippen LogP contribution in [0.4, 0.5) is 14.5 Å². The number of nitrogens with one attached hydrogen (secondary N) is 2. The number of hydrogen-bond acceptors (Lipinski definition) is 3. The fourth-order valence-electron chi connectivity index (χ4n) is 2.86. The van der Waals surface area contributed by atoms with Crippen molar-refractivity contribution in [2.75, 3.05) is 12.0 Å². The van der Waals surface area contributed by atoms with Gasteiger partial charge in [0.2, 0.25) is 0 Å². The first kappa shape index (κ1) is 15.7. The summed E-state index contributed by atoms with van der Waals surface area (Å²) >= 11 is 0. The number of rotatable bonds is 4. The number of nitrogens with two attached hydrogens (primary N) is 1. The molecule has 0 spiro atoms. The smallest absolute Gasteiger partial charge is 0.251 e. The van der Waals surface area contributed by atoms with Gasteiger partial charge < -0.3 is 10.7 Å². The third-order valence-electron chi connectivity index (χ3n) is 4.26. The highest BCUT2D eigenvalue weighted by atomic mass is 19.1. The van der Waals surface area contributed by atoms with Crippen LogP contribution in [0.5, 0.6) is 0 Å². The van der Waals surface area contributed by atoms with Crippen LogP contribution in [0.3, 0.4) is 0 Å². The average Bonchev–Trinajstić information content (AvgIpc) is 2.45. The second kappa shape index (κ2) is 6.85. The molecule has 1 aromatic rings. The molecule has 2 rings (SSSR count). The molecule has 1 aliphatic rings. The molecule has 2 atom stereocenters. The van der Waals surface area contributed by atoms with Gasteiger partial charge in [-0.2, -0.15) is 0 Å². The number of benzene rings is 1. The van der Waals surface area contributed by atoms with E-state index < -0.39 is 23.2 Å². The van der Waals surface area contributed by atoms with Crippen molar-refractivity contribution in [3.63, 3.8) is 0 Å². The molecule has 2 unspecified atom stereocenters. The van der Waals surface area contributed by atoms with E-state index in [1.807, 2.05) is 5.43 Å². The summed E-state index contributed by atoms with van der Waals surface area (Å²) in [5.41, 5.74) is 1.47. The Hall–Kier alpha value is -1.69. The van der Waals surface area contributed by atoms with E-state index in [-0.39, 0.29) is 5.56 Å². The van der Waals surface area contributed by atoms with Crippen LogP contribution in [0.2, 0.25) is 0 Å². The number of nitrogen functional groups attached to an aromatic ring is 1. The van der Waals surface area contributed by atoms with Crippen molar-refractivity contribution in [1.29, 1.82) is 0 Å². The van der Waals surface area contributed by atoms with E-state index in [4.69, 9.17) is 5.84 Å². The monoisotopic (exact) mass is 297 g/mol. The van der Waals surface area contributed by atoms with Crippen molar-refractivity contribution < 1.29 is 13.6 Å². The maximum absolute atomic E-state index is 13.6. The zero-order chi connectivity index (χ0) is 15.4. The molecule has 1 aromatic carbocycles. The van der Waals surface area contributed by atoms with Gasteiger partial charge in [0.1, 0.15) is 5.69 Å². The molecule has 0 aliphatic heterocycles. The standard InChI is InChI=1S/C15H21F2N3O/c1-9-4-2-3-5-10(9)8-19-15(21)11-6-12(16)14(20-18)13(17)7-11/h6-7,9-10,20H,2-5,8,18H2,1H3,(H,19,21). The summed E-state index contributed by atoms with van der Waals surface area (Å²) in [6.07, 6.45) is 4.65. The van der Waals surface area contributed by atoms with Gasteiger partial charge in [0.25, 0.3) is 5.91 Å². The summed E-state index contributed by atoms with van der Waals surface area (Å²) in [6.45, 7) is 2.72. The maximum atomic E-state index is 13.6. The molecule has 21 heavy (non-hydrogen) atoms. The number of anilines is 1. The summed E-state index contributed by atoms with van der Waals surface area (Å²) in [5.74, 6) is 3.79. The number of carbonyl (C=O) groups excluding carboxylic acids is 1. The highest BCUT2D eigenvalue weighted by Gasteiger charge is 2.22. The fourth-order valence-corrected chi connectivity index (χ4v) is 2.86. The van der Waals surface area contributed by atoms with Crippen molar-refractivity contribution in [3.8, 4) is 0 Å². The number of hydrazine groups is 1. The van der Waals surface area contributed by atoms with Crippen LogP contribution in [-0.2, 0) is 0 Å². The third-order valence-corrected chi connectivity index (χ3v) is 4.26. The van der Waals surface area contributed by atoms with Gasteiger partial charge in [0.05, 0.1) is 0 Å². The molecule has 4 N–H and O–H groups in total. The average molecular weight is 297 g/mol. The summed E-state index contributed by atoms with van der Waals surface area (Å²) < 4.78 is 27.1. The maximum Gasteiger partial charge on any atom is 0.251 e. The van der Waals surface area contributed by atoms with E-state index in [0.717, 1.165) is 18.6 Å². The number of carbonyl (C=O) groups is 1. The topological polar surface area (TPSA) is 67.2 Å². The lowest BCUT2D eigenvalue weighted by Gasteiger charge is -2.28. The first-order valence-electron chi connectivity index (χ1n) is 7.26. The van der Waals surface area contributed by atoms with Crippen LogP contribution in [0.15, 0.2) is 12.1 Å². The lowest BCUT2D eigenvalue weighted by molar-refractivity contribution is 0.0935. The van der Waals surface area contributed by atoms with E-state index in [1.54, 1.807) is 0 Å². The predicted molar refractivity (Wildman–Crippen MR) is 77.6 cm³/mol. The molecule has 1 saturated carbocycles. The molecular formula is C15H21F2N3O. The Kier molecular flexibility index (Phi) is 5.12. The molecule has 0 radical (unpaired) electrons. The molecule has 0 bridgehead atoms. The van der Waals surface area contributed by atoms with Crippen LogP contribution < -0.4 is 16.6 Å². The van der Waals surface area contributed by atoms with Gasteiger partial charge in [-0.25, -0.2) is 8.78 Å². The Morgan fingerprint density at radius 3 is 2.48 bits per heavy atom. The van der Waals surface area contributed by atoms with Crippen molar-refractivity contribution in [2.24, 2.45) is 17.7 Å². The highest BCUT2D eigenvalue weighted by Crippen LogP contribution is 2.29. The first-order valence-corrected chi connectivity index (χ1v) is 7.26. The zero-order valence-corrected chi connectivity index (χ0v) is 12.1. The van der Waals surface area contributed by atoms with Gasteiger partial charge in [-0.1, -0.05) is 26.2 Å². The summed E-state index contributed by atoms with van der Waals surface area (Å²) in [4.78, 5) is 12.0. The van der Waals surface area contributed by atoms with E-state index in [1.165, 1.54) is 19.3 Å². The van der Waals surface area contributed by atoms with Gasteiger partial charge in [-0.15, -0.1) is 0 Å². The minimum absolute atomic E-state index is 0.0348. The zero-order valence-electron chi connectivity index (χ0n) is 12.1. The van der Waals surface area contributed by atoms with Gasteiger partial charge in [-0.3, -0.25) is 10.6 Å². The molecule has 1 amide bonds. The fraction of sp³-hybridized carbons (Fsp3) is 0.533. The summed E-state index contributed by atoms with van der Waals surface area (Å²) in [6, 6.07) is 1.97. The van der Waals surface area contributed by atoms with Crippen LogP contribution in [0, 0.1) is 23.5 Å². The van der Waals surface area contributed by atoms with E-state index in [2.05, 4.69) is 12.2 Å². The third kappa shape index (κ3) is 3.69. The quantitative estimate of drug-likeness (QED) is 0.591. The van der Waals surface area contributed by atoms with Crippen molar-refractivity contribution in [2.45, 2.75) is 32.6 Å². The van der Waals surface area contributed by atoms with Crippen molar-refractivity contribution in [1.82, 2.24) is 5.32 Å². The number of halogens is 2. The molecule has 0 saturated heterocycles. The van der Waals surface area contributed by atoms with Crippen LogP contribution in [0.25, 0.3) is 0 Å². The highest BCUT2D eigenvalue weighted by molar-refractivity contribution is 5.94. The predicted octanol–water partition coefficient (Wildman–Crippen LogP) is 2.81. The molecule has 116 valence electrons. The minimum atomic E-state index is -0.881. The van der Waals surface area contributed by atoms with Crippen LogP contribution in [0.1, 0.15) is 43.0 Å². The van der Waals surface area contributed by atoms with E-state index >= 15 is 0 Å². The molecule has 1 fully saturated rings. The lowest BCUT2D eigenvalue weighted by atomic mass is 9.80. The van der Waals surface area contributed by atoms with Crippen LogP contribution >= 0.6 is 0 Å². The van der Waals surface area contributed by atoms with Gasteiger partial charge in [0.15, 0.2) is 11.6 Å². The molecular weight excluding hydrogens is 276 g/mol. The Morgan fingerprint density at radius 1 is 1.29 bits per heavy atom. The second-order valence-corrected chi connectivity index (χ2v) is 5.69. The van der Waals surface area contributed by atoms with Gasteiger partial charge >= 0.3 is 0 Å². The van der Waals surface area contributed by atoms with Crippen LogP contribution in [-0.4, -0.2) is 12.5 Å². The molecule has 0 heterocycles. The van der Waals surface area contributed by atoms with E-state index in [0.29, 0.717) is 18.4 Å². The van der Waals surface area contributed by atoms with Crippen molar-refractivity contribution >= 4 is 11.6 Å². The second-order valence-electron chi connectivity index (χ2n) is 5.69. The molecule has 1 aliphatic carbocycles. The Labute approximate surface area is 123 Å². The summed E-state index contributed by atoms with van der Waals surface area (Å²) in [5, 5.41) is 2.77. The Bertz CT molecular complexity index is 499. The Balaban J connectivity index is 2.00. The molecule has 6 heteroatoms. The van der Waals surface area contributed by atoms with Crippen molar-refractivity contribution in [3.05, 3.63) is 29.3 Å². The number of hydrogen-bond donors (Lipinski definition) is 3. The largest absolute Gasteiger partial charge is 0.352 e. The summed E-state index contributed by atoms with van der Waals surface area (Å²) in [7, 11) is 0. The number of amides is 1. The first-order chi connectivity index (χ1) is 10.0. The lowest BCUT2D eigenvalue weighted by Crippen LogP contribution is -2.33. The molecule has 0 aromatic heterocycles. The van der Waals surface area contributed by atoms with E-state index in [9.17, 15) is 13.6 Å². The Morgan fingerprint density at radius 2 is 1.90 bits per heavy atom. The minimum Gasteiger partial charge on any atom is -0.352 e. The van der Waals surface area contributed by atoms with Gasteiger partial charge in [-0.05, 0) is 30.4 Å². The normalized spacial score (nSPS) is 21.9. The molecule has 4 nitrogen and oxygen atoms in total.